The average molecular weight is 475 g/mol. The number of nitrogens with one attached hydrogen (secondary N) is 2. The Labute approximate surface area is 201 Å². The fourth-order valence-electron chi connectivity index (χ4n) is 4.72. The van der Waals surface area contributed by atoms with E-state index in [1.807, 2.05) is 56.4 Å². The van der Waals surface area contributed by atoms with Gasteiger partial charge in [-0.25, -0.2) is 4.79 Å². The summed E-state index contributed by atoms with van der Waals surface area (Å²) in [6.45, 7) is 4.41. The van der Waals surface area contributed by atoms with Crippen molar-refractivity contribution in [2.45, 2.75) is 39.3 Å². The van der Waals surface area contributed by atoms with Crippen LogP contribution in [-0.2, 0) is 24.2 Å². The van der Waals surface area contributed by atoms with Crippen molar-refractivity contribution in [1.29, 1.82) is 0 Å². The number of aromatic nitrogens is 2. The Morgan fingerprint density at radius 2 is 1.94 bits per heavy atom. The molecule has 0 spiro atoms. The Morgan fingerprint density at radius 1 is 1.12 bits per heavy atom. The van der Waals surface area contributed by atoms with E-state index in [0.29, 0.717) is 12.0 Å². The molecule has 0 saturated carbocycles. The molecule has 1 atom stereocenters. The van der Waals surface area contributed by atoms with Gasteiger partial charge in [0.15, 0.2) is 5.78 Å². The molecule has 7 nitrogen and oxygen atoms in total. The topological polar surface area (TPSA) is 87.2 Å². The maximum absolute atomic E-state index is 13.1. The molecule has 174 valence electrons. The van der Waals surface area contributed by atoms with Crippen LogP contribution in [0.1, 0.15) is 32.2 Å². The lowest BCUT2D eigenvalue weighted by atomic mass is 10.0. The van der Waals surface area contributed by atoms with Crippen LogP contribution in [0.5, 0.6) is 0 Å². The van der Waals surface area contributed by atoms with Gasteiger partial charge in [-0.05, 0) is 49.4 Å². The zero-order valence-corrected chi connectivity index (χ0v) is 19.9. The maximum Gasteiger partial charge on any atom is 0.325 e. The van der Waals surface area contributed by atoms with Gasteiger partial charge in [0, 0.05) is 51.9 Å². The highest BCUT2D eigenvalue weighted by Crippen LogP contribution is 2.22. The Morgan fingerprint density at radius 3 is 2.74 bits per heavy atom. The largest absolute Gasteiger partial charge is 0.361 e. The molecule has 5 rings (SSSR count). The third-order valence-corrected chi connectivity index (χ3v) is 7.48. The molecule has 1 saturated heterocycles. The quantitative estimate of drug-likeness (QED) is 0.296. The molecule has 2 N–H and O–H groups in total. The summed E-state index contributed by atoms with van der Waals surface area (Å²) in [5.74, 6) is -0.596. The Balaban J connectivity index is 1.28. The highest BCUT2D eigenvalue weighted by molar-refractivity contribution is 7.09. The second-order valence-electron chi connectivity index (χ2n) is 8.68. The number of urea groups is 1. The van der Waals surface area contributed by atoms with Gasteiger partial charge in [0.05, 0.1) is 6.54 Å². The first-order valence-corrected chi connectivity index (χ1v) is 12.2. The third kappa shape index (κ3) is 4.05. The predicted molar refractivity (Wildman–Crippen MR) is 132 cm³/mol. The van der Waals surface area contributed by atoms with Gasteiger partial charge in [-0.3, -0.25) is 14.5 Å². The van der Waals surface area contributed by atoms with Crippen LogP contribution < -0.4 is 5.32 Å². The number of nitrogens with zero attached hydrogens (tertiary/aromatic N) is 2. The molecular formula is C26H26N4O3S. The Hall–Kier alpha value is -3.65. The smallest absolute Gasteiger partial charge is 0.325 e. The number of H-pyrrole nitrogens is 1. The predicted octanol–water partition coefficient (Wildman–Crippen LogP) is 4.24. The number of hydrogen-bond donors (Lipinski definition) is 2. The minimum absolute atomic E-state index is 0.230. The number of fused-ring (bicyclic) bond motifs is 1. The Bertz CT molecular complexity index is 1380. The minimum atomic E-state index is -0.683. The molecule has 1 aliphatic heterocycles. The van der Waals surface area contributed by atoms with Crippen molar-refractivity contribution in [3.63, 3.8) is 0 Å². The van der Waals surface area contributed by atoms with E-state index in [1.54, 1.807) is 11.3 Å². The summed E-state index contributed by atoms with van der Waals surface area (Å²) < 4.78 is 2.12. The minimum Gasteiger partial charge on any atom is -0.361 e. The van der Waals surface area contributed by atoms with Gasteiger partial charge < -0.3 is 14.9 Å². The molecule has 4 heterocycles. The van der Waals surface area contributed by atoms with Crippen molar-refractivity contribution in [3.05, 3.63) is 81.4 Å². The van der Waals surface area contributed by atoms with E-state index in [2.05, 4.69) is 26.3 Å². The number of imide groups is 1. The lowest BCUT2D eigenvalue weighted by molar-refractivity contribution is -0.127. The van der Waals surface area contributed by atoms with Crippen LogP contribution >= 0.6 is 11.3 Å². The summed E-state index contributed by atoms with van der Waals surface area (Å²) in [5, 5.41) is 5.83. The van der Waals surface area contributed by atoms with Crippen LogP contribution in [0.15, 0.2) is 54.0 Å². The number of thiophene rings is 1. The molecule has 0 aliphatic carbocycles. The van der Waals surface area contributed by atoms with Gasteiger partial charge in [0.2, 0.25) is 0 Å². The Kier molecular flexibility index (Phi) is 5.83. The molecule has 0 radical (unpaired) electrons. The second-order valence-corrected chi connectivity index (χ2v) is 9.71. The number of carbonyl (C=O) groups is 3. The maximum atomic E-state index is 13.1. The number of ketones is 1. The van der Waals surface area contributed by atoms with Gasteiger partial charge in [-0.1, -0.05) is 24.3 Å². The van der Waals surface area contributed by atoms with E-state index in [4.69, 9.17) is 0 Å². The SMILES string of the molecule is Cc1cc(C(=O)CN2C(=O)N[C@H](Cc3c[nH]c4ccccc34)C2=O)c(C)n1CCc1cccs1. The molecule has 34 heavy (non-hydrogen) atoms. The van der Waals surface area contributed by atoms with E-state index >= 15 is 0 Å². The normalized spacial score (nSPS) is 15.9. The molecule has 0 bridgehead atoms. The molecule has 0 unspecified atom stereocenters. The molecule has 1 fully saturated rings. The number of carbonyl (C=O) groups excluding carboxylic acids is 3. The number of hydrogen-bond acceptors (Lipinski definition) is 4. The van der Waals surface area contributed by atoms with E-state index < -0.39 is 12.1 Å². The highest BCUT2D eigenvalue weighted by atomic mass is 32.1. The second kappa shape index (κ2) is 8.95. The first-order chi connectivity index (χ1) is 16.4. The van der Waals surface area contributed by atoms with E-state index in [-0.39, 0.29) is 18.2 Å². The summed E-state index contributed by atoms with van der Waals surface area (Å²) >= 11 is 1.72. The lowest BCUT2D eigenvalue weighted by Crippen LogP contribution is -2.36. The van der Waals surface area contributed by atoms with E-state index in [1.165, 1.54) is 4.88 Å². The van der Waals surface area contributed by atoms with Crippen molar-refractivity contribution in [1.82, 2.24) is 19.8 Å². The highest BCUT2D eigenvalue weighted by Gasteiger charge is 2.39. The van der Waals surface area contributed by atoms with E-state index in [0.717, 1.165) is 45.7 Å². The monoisotopic (exact) mass is 474 g/mol. The number of benzene rings is 1. The molecular weight excluding hydrogens is 448 g/mol. The summed E-state index contributed by atoms with van der Waals surface area (Å²) in [4.78, 5) is 44.2. The number of Topliss-reactive ketones (excluding diaryl/α,β-unsaturated/α-hetero) is 1. The fourth-order valence-corrected chi connectivity index (χ4v) is 5.42. The number of aryl methyl sites for hydroxylation is 2. The van der Waals surface area contributed by atoms with Crippen LogP contribution in [0.4, 0.5) is 4.79 Å². The number of amides is 3. The molecule has 1 aromatic carbocycles. The number of para-hydroxylation sites is 1. The fraction of sp³-hybridized carbons (Fsp3) is 0.269. The van der Waals surface area contributed by atoms with Crippen LogP contribution in [0.25, 0.3) is 10.9 Å². The van der Waals surface area contributed by atoms with Gasteiger partial charge in [0.1, 0.15) is 6.04 Å². The summed E-state index contributed by atoms with van der Waals surface area (Å²) in [6.07, 6.45) is 3.13. The molecule has 8 heteroatoms. The summed E-state index contributed by atoms with van der Waals surface area (Å²) in [7, 11) is 0. The average Bonchev–Trinajstić information content (AvgIpc) is 3.59. The summed E-state index contributed by atoms with van der Waals surface area (Å²) in [6, 6.07) is 12.6. The zero-order valence-electron chi connectivity index (χ0n) is 19.1. The van der Waals surface area contributed by atoms with Crippen molar-refractivity contribution in [3.8, 4) is 0 Å². The molecule has 3 amide bonds. The zero-order chi connectivity index (χ0) is 23.8. The first kappa shape index (κ1) is 22.2. The van der Waals surface area contributed by atoms with Crippen molar-refractivity contribution >= 4 is 40.0 Å². The van der Waals surface area contributed by atoms with Crippen molar-refractivity contribution < 1.29 is 14.4 Å². The third-order valence-electron chi connectivity index (χ3n) is 6.54. The summed E-state index contributed by atoms with van der Waals surface area (Å²) in [5.41, 5.74) is 4.35. The lowest BCUT2D eigenvalue weighted by Gasteiger charge is -2.13. The van der Waals surface area contributed by atoms with E-state index in [9.17, 15) is 14.4 Å². The number of aromatic amines is 1. The van der Waals surface area contributed by atoms with Gasteiger partial charge >= 0.3 is 6.03 Å². The van der Waals surface area contributed by atoms with Crippen LogP contribution in [0.3, 0.4) is 0 Å². The van der Waals surface area contributed by atoms with Crippen LogP contribution in [0, 0.1) is 13.8 Å². The van der Waals surface area contributed by atoms with Crippen LogP contribution in [-0.4, -0.2) is 44.8 Å². The molecule has 4 aromatic rings. The van der Waals surface area contributed by atoms with Crippen molar-refractivity contribution in [2.75, 3.05) is 6.54 Å². The molecule has 3 aromatic heterocycles. The first-order valence-electron chi connectivity index (χ1n) is 11.3. The standard InChI is InChI=1S/C26H26N4O3S/c1-16-12-21(17(2)29(16)10-9-19-6-5-11-34-19)24(31)15-30-25(32)23(28-26(30)33)13-18-14-27-22-8-4-3-7-20(18)22/h3-8,11-12,14,23,27H,9-10,13,15H2,1-2H3,(H,28,33)/t23-/m1/s1. The molecule has 1 aliphatic rings. The number of rotatable bonds is 8. The van der Waals surface area contributed by atoms with Crippen LogP contribution in [0.2, 0.25) is 0 Å². The van der Waals surface area contributed by atoms with Gasteiger partial charge in [-0.15, -0.1) is 11.3 Å². The van der Waals surface area contributed by atoms with Gasteiger partial charge in [-0.2, -0.15) is 0 Å². The van der Waals surface area contributed by atoms with Crippen molar-refractivity contribution in [2.24, 2.45) is 0 Å². The van der Waals surface area contributed by atoms with Gasteiger partial charge in [0.25, 0.3) is 5.91 Å².